The second-order valence-electron chi connectivity index (χ2n) is 5.74. The molecule has 2 N–H and O–H groups in total. The van der Waals surface area contributed by atoms with Crippen molar-refractivity contribution in [2.75, 3.05) is 19.6 Å². The third-order valence-electron chi connectivity index (χ3n) is 3.56. The number of aliphatic imine (C=N–C) groups is 1. The minimum Gasteiger partial charge on any atom is -0.486 e. The summed E-state index contributed by atoms with van der Waals surface area (Å²) >= 11 is 0. The number of benzene rings is 1. The van der Waals surface area contributed by atoms with Crippen molar-refractivity contribution in [2.45, 2.75) is 39.2 Å². The van der Waals surface area contributed by atoms with Gasteiger partial charge in [-0.2, -0.15) is 0 Å². The number of guanidine groups is 1. The molecule has 130 valence electrons. The third kappa shape index (κ3) is 7.85. The SMILES string of the molecule is CCNC(=NCC(C)Oc1ccccc1F)NCCC1CC1.I. The fraction of sp³-hybridized carbons (Fsp3) is 0.588. The Morgan fingerprint density at radius 2 is 2.09 bits per heavy atom. The van der Waals surface area contributed by atoms with Crippen molar-refractivity contribution in [3.05, 3.63) is 30.1 Å². The number of ether oxygens (including phenoxy) is 1. The van der Waals surface area contributed by atoms with E-state index in [1.54, 1.807) is 18.2 Å². The summed E-state index contributed by atoms with van der Waals surface area (Å²) in [5.41, 5.74) is 0. The smallest absolute Gasteiger partial charge is 0.191 e. The van der Waals surface area contributed by atoms with Gasteiger partial charge < -0.3 is 15.4 Å². The summed E-state index contributed by atoms with van der Waals surface area (Å²) in [5.74, 6) is 1.63. The highest BCUT2D eigenvalue weighted by molar-refractivity contribution is 14.0. The quantitative estimate of drug-likeness (QED) is 0.373. The van der Waals surface area contributed by atoms with Crippen LogP contribution in [0.5, 0.6) is 5.75 Å². The number of rotatable bonds is 8. The Morgan fingerprint density at radius 1 is 1.35 bits per heavy atom. The van der Waals surface area contributed by atoms with E-state index in [4.69, 9.17) is 4.74 Å². The summed E-state index contributed by atoms with van der Waals surface area (Å²) in [5, 5.41) is 6.55. The number of hydrogen-bond donors (Lipinski definition) is 2. The zero-order valence-corrected chi connectivity index (χ0v) is 16.2. The second-order valence-corrected chi connectivity index (χ2v) is 5.74. The lowest BCUT2D eigenvalue weighted by molar-refractivity contribution is 0.220. The van der Waals surface area contributed by atoms with Gasteiger partial charge in [0.15, 0.2) is 17.5 Å². The molecule has 6 heteroatoms. The highest BCUT2D eigenvalue weighted by Crippen LogP contribution is 2.31. The van der Waals surface area contributed by atoms with E-state index in [0.717, 1.165) is 25.0 Å². The van der Waals surface area contributed by atoms with Gasteiger partial charge in [-0.3, -0.25) is 0 Å². The molecule has 1 atom stereocenters. The molecule has 1 aromatic carbocycles. The lowest BCUT2D eigenvalue weighted by atomic mass is 10.3. The molecule has 1 aliphatic rings. The fourth-order valence-corrected chi connectivity index (χ4v) is 2.16. The minimum absolute atomic E-state index is 0. The molecule has 1 saturated carbocycles. The van der Waals surface area contributed by atoms with E-state index in [-0.39, 0.29) is 41.6 Å². The summed E-state index contributed by atoms with van der Waals surface area (Å²) in [7, 11) is 0. The van der Waals surface area contributed by atoms with Crippen molar-refractivity contribution in [3.63, 3.8) is 0 Å². The minimum atomic E-state index is -0.340. The predicted molar refractivity (Wildman–Crippen MR) is 103 cm³/mol. The van der Waals surface area contributed by atoms with Gasteiger partial charge in [0.25, 0.3) is 0 Å². The van der Waals surface area contributed by atoms with Crippen molar-refractivity contribution in [1.82, 2.24) is 10.6 Å². The number of halogens is 2. The molecular weight excluding hydrogens is 408 g/mol. The van der Waals surface area contributed by atoms with E-state index in [9.17, 15) is 4.39 Å². The summed E-state index contributed by atoms with van der Waals surface area (Å²) in [6, 6.07) is 6.44. The van der Waals surface area contributed by atoms with E-state index >= 15 is 0 Å². The van der Waals surface area contributed by atoms with Gasteiger partial charge in [-0.05, 0) is 38.3 Å². The van der Waals surface area contributed by atoms with Gasteiger partial charge in [-0.15, -0.1) is 24.0 Å². The van der Waals surface area contributed by atoms with Gasteiger partial charge in [-0.1, -0.05) is 25.0 Å². The summed E-state index contributed by atoms with van der Waals surface area (Å²) < 4.78 is 19.1. The standard InChI is InChI=1S/C17H26FN3O.HI/c1-3-19-17(20-11-10-14-8-9-14)21-12-13(2)22-16-7-5-4-6-15(16)18;/h4-7,13-14H,3,8-12H2,1-2H3,(H2,19,20,21);1H. The first kappa shape index (κ1) is 20.0. The van der Waals surface area contributed by atoms with Crippen molar-refractivity contribution in [3.8, 4) is 5.75 Å². The van der Waals surface area contributed by atoms with Crippen LogP contribution in [-0.2, 0) is 0 Å². The molecule has 0 amide bonds. The molecule has 0 radical (unpaired) electrons. The Balaban J connectivity index is 0.00000264. The van der Waals surface area contributed by atoms with Gasteiger partial charge in [-0.25, -0.2) is 9.38 Å². The van der Waals surface area contributed by atoms with Crippen LogP contribution in [0.2, 0.25) is 0 Å². The Hall–Kier alpha value is -1.05. The highest BCUT2D eigenvalue weighted by atomic mass is 127. The Bertz CT molecular complexity index is 494. The first-order valence-electron chi connectivity index (χ1n) is 8.12. The van der Waals surface area contributed by atoms with Crippen molar-refractivity contribution < 1.29 is 9.13 Å². The average molecular weight is 435 g/mol. The zero-order valence-electron chi connectivity index (χ0n) is 13.8. The normalized spacial score (nSPS) is 15.5. The predicted octanol–water partition coefficient (Wildman–Crippen LogP) is 3.57. The molecule has 1 fully saturated rings. The molecule has 1 aromatic rings. The average Bonchev–Trinajstić information content (AvgIpc) is 3.31. The zero-order chi connectivity index (χ0) is 15.8. The van der Waals surface area contributed by atoms with Gasteiger partial charge >= 0.3 is 0 Å². The Kier molecular flexibility index (Phi) is 9.28. The number of para-hydroxylation sites is 1. The molecule has 0 aliphatic heterocycles. The van der Waals surface area contributed by atoms with Crippen LogP contribution in [0.25, 0.3) is 0 Å². The molecule has 2 rings (SSSR count). The topological polar surface area (TPSA) is 45.7 Å². The maximum Gasteiger partial charge on any atom is 0.191 e. The van der Waals surface area contributed by atoms with Crippen LogP contribution < -0.4 is 15.4 Å². The van der Waals surface area contributed by atoms with Crippen molar-refractivity contribution in [1.29, 1.82) is 0 Å². The first-order valence-corrected chi connectivity index (χ1v) is 8.12. The van der Waals surface area contributed by atoms with Gasteiger partial charge in [0, 0.05) is 13.1 Å². The van der Waals surface area contributed by atoms with Gasteiger partial charge in [0.2, 0.25) is 0 Å². The molecule has 0 saturated heterocycles. The van der Waals surface area contributed by atoms with E-state index < -0.39 is 0 Å². The highest BCUT2D eigenvalue weighted by Gasteiger charge is 2.20. The van der Waals surface area contributed by atoms with E-state index in [0.29, 0.717) is 6.54 Å². The van der Waals surface area contributed by atoms with Crippen LogP contribution in [-0.4, -0.2) is 31.7 Å². The van der Waals surface area contributed by atoms with Crippen LogP contribution in [0, 0.1) is 11.7 Å². The number of nitrogens with zero attached hydrogens (tertiary/aromatic N) is 1. The van der Waals surface area contributed by atoms with Crippen molar-refractivity contribution >= 4 is 29.9 Å². The number of hydrogen-bond acceptors (Lipinski definition) is 2. The van der Waals surface area contributed by atoms with Crippen LogP contribution in [0.3, 0.4) is 0 Å². The third-order valence-corrected chi connectivity index (χ3v) is 3.56. The van der Waals surface area contributed by atoms with Crippen LogP contribution in [0.15, 0.2) is 29.3 Å². The number of nitrogens with one attached hydrogen (secondary N) is 2. The maximum absolute atomic E-state index is 13.5. The molecule has 0 spiro atoms. The van der Waals surface area contributed by atoms with Crippen LogP contribution in [0.4, 0.5) is 4.39 Å². The summed E-state index contributed by atoms with van der Waals surface area (Å²) in [6.45, 7) is 6.17. The molecule has 0 aromatic heterocycles. The maximum atomic E-state index is 13.5. The molecule has 0 bridgehead atoms. The Morgan fingerprint density at radius 3 is 2.74 bits per heavy atom. The lowest BCUT2D eigenvalue weighted by Gasteiger charge is -2.15. The molecule has 0 heterocycles. The van der Waals surface area contributed by atoms with E-state index in [1.165, 1.54) is 25.3 Å². The summed E-state index contributed by atoms with van der Waals surface area (Å²) in [6.07, 6.45) is 3.74. The monoisotopic (exact) mass is 435 g/mol. The molecular formula is C17H27FIN3O. The fourth-order valence-electron chi connectivity index (χ4n) is 2.16. The van der Waals surface area contributed by atoms with Crippen molar-refractivity contribution in [2.24, 2.45) is 10.9 Å². The van der Waals surface area contributed by atoms with Crippen LogP contribution in [0.1, 0.15) is 33.1 Å². The summed E-state index contributed by atoms with van der Waals surface area (Å²) in [4.78, 5) is 4.50. The molecule has 1 aliphatic carbocycles. The second kappa shape index (κ2) is 10.7. The molecule has 23 heavy (non-hydrogen) atoms. The lowest BCUT2D eigenvalue weighted by Crippen LogP contribution is -2.38. The Labute approximate surface area is 155 Å². The van der Waals surface area contributed by atoms with Gasteiger partial charge in [0.1, 0.15) is 6.10 Å². The molecule has 4 nitrogen and oxygen atoms in total. The van der Waals surface area contributed by atoms with Crippen LogP contribution >= 0.6 is 24.0 Å². The van der Waals surface area contributed by atoms with Gasteiger partial charge in [0.05, 0.1) is 6.54 Å². The van der Waals surface area contributed by atoms with E-state index in [1.807, 2.05) is 13.8 Å². The van der Waals surface area contributed by atoms with E-state index in [2.05, 4.69) is 15.6 Å². The largest absolute Gasteiger partial charge is 0.486 e. The molecule has 1 unspecified atom stereocenters. The first-order chi connectivity index (χ1) is 10.7.